The quantitative estimate of drug-likeness (QED) is 0.932. The Labute approximate surface area is 112 Å². The number of hydrogen-bond donors (Lipinski definition) is 1. The number of ether oxygens (including phenoxy) is 1. The van der Waals surface area contributed by atoms with E-state index in [2.05, 4.69) is 9.97 Å². The van der Waals surface area contributed by atoms with Gasteiger partial charge in [0.1, 0.15) is 11.3 Å². The van der Waals surface area contributed by atoms with Crippen molar-refractivity contribution in [2.45, 2.75) is 6.43 Å². The second kappa shape index (κ2) is 5.60. The van der Waals surface area contributed by atoms with Crippen LogP contribution in [0.15, 0.2) is 30.7 Å². The summed E-state index contributed by atoms with van der Waals surface area (Å²) in [7, 11) is 1.31. The molecule has 0 aliphatic rings. The number of methoxy groups -OCH3 is 1. The number of alkyl halides is 2. The minimum atomic E-state index is -2.73. The number of aromatic nitrogens is 2. The molecule has 0 aliphatic carbocycles. The summed E-state index contributed by atoms with van der Waals surface area (Å²) in [6.07, 6.45) is 1.00. The van der Waals surface area contributed by atoms with Crippen molar-refractivity contribution in [1.29, 1.82) is 0 Å². The van der Waals surface area contributed by atoms with E-state index < -0.39 is 18.1 Å². The summed E-state index contributed by atoms with van der Waals surface area (Å²) in [4.78, 5) is 18.7. The third kappa shape index (κ3) is 2.56. The third-order valence-corrected chi connectivity index (χ3v) is 2.66. The van der Waals surface area contributed by atoms with Crippen LogP contribution < -0.4 is 4.74 Å². The molecule has 20 heavy (non-hydrogen) atoms. The Kier molecular flexibility index (Phi) is 3.88. The van der Waals surface area contributed by atoms with Gasteiger partial charge in [-0.05, 0) is 17.7 Å². The molecule has 2 rings (SSSR count). The number of rotatable bonds is 4. The maximum atomic E-state index is 12.6. The summed E-state index contributed by atoms with van der Waals surface area (Å²) in [6, 6.07) is 2.57. The van der Waals surface area contributed by atoms with E-state index in [1.807, 2.05) is 0 Å². The SMILES string of the molecule is COc1cncc(-c2ccnc(C(F)F)c2)c1C(=O)O. The summed E-state index contributed by atoms with van der Waals surface area (Å²) < 4.78 is 30.2. The highest BCUT2D eigenvalue weighted by Gasteiger charge is 2.19. The van der Waals surface area contributed by atoms with E-state index in [-0.39, 0.29) is 16.9 Å². The molecule has 2 aromatic heterocycles. The molecule has 104 valence electrons. The lowest BCUT2D eigenvalue weighted by molar-refractivity contribution is 0.0694. The molecule has 0 aliphatic heterocycles. The second-order valence-electron chi connectivity index (χ2n) is 3.84. The van der Waals surface area contributed by atoms with Crippen molar-refractivity contribution >= 4 is 5.97 Å². The monoisotopic (exact) mass is 280 g/mol. The maximum absolute atomic E-state index is 12.6. The van der Waals surface area contributed by atoms with Gasteiger partial charge in [-0.1, -0.05) is 0 Å². The first-order valence-electron chi connectivity index (χ1n) is 5.54. The normalized spacial score (nSPS) is 10.6. The minimum Gasteiger partial charge on any atom is -0.494 e. The summed E-state index contributed by atoms with van der Waals surface area (Å²) in [5, 5.41) is 9.25. The molecule has 0 saturated carbocycles. The Morgan fingerprint density at radius 2 is 2.15 bits per heavy atom. The molecular formula is C13H10F2N2O3. The fourth-order valence-corrected chi connectivity index (χ4v) is 1.77. The Morgan fingerprint density at radius 3 is 2.75 bits per heavy atom. The first-order valence-corrected chi connectivity index (χ1v) is 5.54. The third-order valence-electron chi connectivity index (χ3n) is 2.66. The van der Waals surface area contributed by atoms with Crippen molar-refractivity contribution < 1.29 is 23.4 Å². The van der Waals surface area contributed by atoms with Crippen molar-refractivity contribution in [3.63, 3.8) is 0 Å². The summed E-state index contributed by atoms with van der Waals surface area (Å²) in [5.74, 6) is -1.17. The smallest absolute Gasteiger partial charge is 0.340 e. The molecule has 0 amide bonds. The molecule has 0 unspecified atom stereocenters. The fourth-order valence-electron chi connectivity index (χ4n) is 1.77. The van der Waals surface area contributed by atoms with Gasteiger partial charge in [-0.3, -0.25) is 9.97 Å². The van der Waals surface area contributed by atoms with Gasteiger partial charge in [-0.25, -0.2) is 13.6 Å². The van der Waals surface area contributed by atoms with Crippen LogP contribution in [0, 0.1) is 0 Å². The fraction of sp³-hybridized carbons (Fsp3) is 0.154. The molecule has 0 saturated heterocycles. The number of carbonyl (C=O) groups is 1. The van der Waals surface area contributed by atoms with Crippen LogP contribution in [0.1, 0.15) is 22.5 Å². The van der Waals surface area contributed by atoms with E-state index in [9.17, 15) is 18.7 Å². The van der Waals surface area contributed by atoms with Crippen molar-refractivity contribution in [3.05, 3.63) is 42.0 Å². The Bertz CT molecular complexity index is 647. The zero-order chi connectivity index (χ0) is 14.7. The van der Waals surface area contributed by atoms with Crippen LogP contribution in [0.4, 0.5) is 8.78 Å². The van der Waals surface area contributed by atoms with E-state index >= 15 is 0 Å². The minimum absolute atomic E-state index is 0.0606. The van der Waals surface area contributed by atoms with E-state index in [0.717, 1.165) is 6.07 Å². The Balaban J connectivity index is 2.63. The van der Waals surface area contributed by atoms with Crippen LogP contribution in [0.25, 0.3) is 11.1 Å². The molecule has 0 fully saturated rings. The number of nitrogens with zero attached hydrogens (tertiary/aromatic N) is 2. The van der Waals surface area contributed by atoms with Crippen LogP contribution in [-0.2, 0) is 0 Å². The number of aromatic carboxylic acids is 1. The van der Waals surface area contributed by atoms with Gasteiger partial charge >= 0.3 is 5.97 Å². The first-order chi connectivity index (χ1) is 9.54. The van der Waals surface area contributed by atoms with Gasteiger partial charge < -0.3 is 9.84 Å². The lowest BCUT2D eigenvalue weighted by Crippen LogP contribution is -2.04. The molecule has 0 radical (unpaired) electrons. The zero-order valence-corrected chi connectivity index (χ0v) is 10.4. The second-order valence-corrected chi connectivity index (χ2v) is 3.84. The molecule has 2 aromatic rings. The van der Waals surface area contributed by atoms with Crippen LogP contribution in [-0.4, -0.2) is 28.2 Å². The van der Waals surface area contributed by atoms with Gasteiger partial charge in [0.2, 0.25) is 0 Å². The predicted octanol–water partition coefficient (Wildman–Crippen LogP) is 2.79. The van der Waals surface area contributed by atoms with Gasteiger partial charge in [0.15, 0.2) is 5.75 Å². The highest BCUT2D eigenvalue weighted by molar-refractivity contribution is 5.98. The molecule has 1 N–H and O–H groups in total. The van der Waals surface area contributed by atoms with Crippen LogP contribution in [0.2, 0.25) is 0 Å². The van der Waals surface area contributed by atoms with Crippen LogP contribution >= 0.6 is 0 Å². The van der Waals surface area contributed by atoms with Gasteiger partial charge in [-0.15, -0.1) is 0 Å². The maximum Gasteiger partial charge on any atom is 0.340 e. The van der Waals surface area contributed by atoms with E-state index in [1.165, 1.54) is 31.8 Å². The van der Waals surface area contributed by atoms with Gasteiger partial charge in [0.25, 0.3) is 6.43 Å². The molecule has 0 atom stereocenters. The highest BCUT2D eigenvalue weighted by atomic mass is 19.3. The van der Waals surface area contributed by atoms with E-state index in [1.54, 1.807) is 0 Å². The van der Waals surface area contributed by atoms with E-state index in [4.69, 9.17) is 4.74 Å². The average molecular weight is 280 g/mol. The predicted molar refractivity (Wildman–Crippen MR) is 65.9 cm³/mol. The molecular weight excluding hydrogens is 270 g/mol. The average Bonchev–Trinajstić information content (AvgIpc) is 2.46. The molecule has 0 spiro atoms. The lowest BCUT2D eigenvalue weighted by atomic mass is 10.0. The first kappa shape index (κ1) is 13.9. The molecule has 0 bridgehead atoms. The summed E-state index contributed by atoms with van der Waals surface area (Å²) >= 11 is 0. The van der Waals surface area contributed by atoms with Crippen molar-refractivity contribution in [3.8, 4) is 16.9 Å². The molecule has 7 heteroatoms. The largest absolute Gasteiger partial charge is 0.494 e. The Hall–Kier alpha value is -2.57. The van der Waals surface area contributed by atoms with Crippen molar-refractivity contribution in [2.75, 3.05) is 7.11 Å². The number of carboxylic acids is 1. The number of carboxylic acid groups (broad SMARTS) is 1. The van der Waals surface area contributed by atoms with Gasteiger partial charge in [-0.2, -0.15) is 0 Å². The highest BCUT2D eigenvalue weighted by Crippen LogP contribution is 2.31. The van der Waals surface area contributed by atoms with E-state index in [0.29, 0.717) is 5.56 Å². The number of halogens is 2. The molecule has 5 nitrogen and oxygen atoms in total. The van der Waals surface area contributed by atoms with Crippen LogP contribution in [0.3, 0.4) is 0 Å². The summed E-state index contributed by atoms with van der Waals surface area (Å²) in [5.41, 5.74) is -0.0733. The zero-order valence-electron chi connectivity index (χ0n) is 10.4. The lowest BCUT2D eigenvalue weighted by Gasteiger charge is -2.10. The Morgan fingerprint density at radius 1 is 1.40 bits per heavy atom. The van der Waals surface area contributed by atoms with Crippen LogP contribution in [0.5, 0.6) is 5.75 Å². The molecule has 0 aromatic carbocycles. The number of hydrogen-bond acceptors (Lipinski definition) is 4. The van der Waals surface area contributed by atoms with Gasteiger partial charge in [0, 0.05) is 18.0 Å². The topological polar surface area (TPSA) is 72.3 Å². The van der Waals surface area contributed by atoms with Crippen molar-refractivity contribution in [1.82, 2.24) is 9.97 Å². The van der Waals surface area contributed by atoms with Gasteiger partial charge in [0.05, 0.1) is 13.3 Å². The standard InChI is InChI=1S/C13H10F2N2O3/c1-20-10-6-16-5-8(11(10)13(18)19)7-2-3-17-9(4-7)12(14)15/h2-6,12H,1H3,(H,18,19). The number of pyridine rings is 2. The summed E-state index contributed by atoms with van der Waals surface area (Å²) in [6.45, 7) is 0. The molecule has 2 heterocycles. The van der Waals surface area contributed by atoms with Crippen molar-refractivity contribution in [2.24, 2.45) is 0 Å².